The lowest BCUT2D eigenvalue weighted by atomic mass is 10.1. The van der Waals surface area contributed by atoms with Crippen LogP contribution in [-0.4, -0.2) is 31.7 Å². The summed E-state index contributed by atoms with van der Waals surface area (Å²) in [6.07, 6.45) is 0. The summed E-state index contributed by atoms with van der Waals surface area (Å²) in [4.78, 5) is 0. The molecule has 0 saturated heterocycles. The largest absolute Gasteiger partial charge is 0.329 e. The van der Waals surface area contributed by atoms with Crippen LogP contribution in [0.4, 0.5) is 0 Å². The number of rotatable bonds is 5. The van der Waals surface area contributed by atoms with Gasteiger partial charge in [0.1, 0.15) is 0 Å². The van der Waals surface area contributed by atoms with Gasteiger partial charge in [0, 0.05) is 31.7 Å². The Balaban J connectivity index is 3.02. The maximum absolute atomic E-state index is 5.31. The maximum atomic E-state index is 5.31. The second kappa shape index (κ2) is 5.52. The molecule has 0 bridgehead atoms. The molecule has 0 rings (SSSR count). The first-order valence-electron chi connectivity index (χ1n) is 4.22. The Labute approximate surface area is 69.7 Å². The average molecular weight is 159 g/mol. The smallest absolute Gasteiger partial charge is 0.00970 e. The van der Waals surface area contributed by atoms with Crippen molar-refractivity contribution in [2.45, 2.75) is 26.3 Å². The molecular formula is C8H21N3. The number of nitrogens with one attached hydrogen (secondary N) is 2. The molecule has 0 fully saturated rings. The van der Waals surface area contributed by atoms with E-state index >= 15 is 0 Å². The Bertz CT molecular complexity index is 85.8. The molecule has 0 aromatic heterocycles. The second-order valence-electron chi connectivity index (χ2n) is 3.72. The Kier molecular flexibility index (Phi) is 5.46. The molecule has 0 aliphatic rings. The van der Waals surface area contributed by atoms with Crippen LogP contribution in [0.3, 0.4) is 0 Å². The lowest BCUT2D eigenvalue weighted by Crippen LogP contribution is -2.40. The summed E-state index contributed by atoms with van der Waals surface area (Å²) in [6.45, 7) is 10.1. The van der Waals surface area contributed by atoms with E-state index < -0.39 is 0 Å². The molecule has 0 atom stereocenters. The summed E-state index contributed by atoms with van der Waals surface area (Å²) < 4.78 is 0. The van der Waals surface area contributed by atoms with Crippen molar-refractivity contribution in [3.8, 4) is 0 Å². The zero-order valence-corrected chi connectivity index (χ0v) is 7.91. The summed E-state index contributed by atoms with van der Waals surface area (Å²) in [5.41, 5.74) is 5.54. The summed E-state index contributed by atoms with van der Waals surface area (Å²) >= 11 is 0. The minimum atomic E-state index is 0.227. The SMILES string of the molecule is CC(C)(C)NCCNCCN. The molecule has 11 heavy (non-hydrogen) atoms. The molecule has 0 spiro atoms. The van der Waals surface area contributed by atoms with Crippen LogP contribution in [-0.2, 0) is 0 Å². The van der Waals surface area contributed by atoms with E-state index in [9.17, 15) is 0 Å². The molecule has 0 aliphatic heterocycles. The van der Waals surface area contributed by atoms with Crippen molar-refractivity contribution in [2.24, 2.45) is 5.73 Å². The minimum Gasteiger partial charge on any atom is -0.329 e. The number of nitrogens with two attached hydrogens (primary N) is 1. The molecule has 0 heterocycles. The van der Waals surface area contributed by atoms with Gasteiger partial charge in [0.25, 0.3) is 0 Å². The number of hydrogen-bond acceptors (Lipinski definition) is 3. The second-order valence-corrected chi connectivity index (χ2v) is 3.72. The highest BCUT2D eigenvalue weighted by molar-refractivity contribution is 4.70. The highest BCUT2D eigenvalue weighted by atomic mass is 15.0. The summed E-state index contributed by atoms with van der Waals surface area (Å²) in [5, 5.41) is 6.60. The van der Waals surface area contributed by atoms with Crippen molar-refractivity contribution in [2.75, 3.05) is 26.2 Å². The quantitative estimate of drug-likeness (QED) is 0.492. The van der Waals surface area contributed by atoms with Crippen LogP contribution in [0, 0.1) is 0 Å². The van der Waals surface area contributed by atoms with Gasteiger partial charge in [-0.05, 0) is 20.8 Å². The topological polar surface area (TPSA) is 50.1 Å². The van der Waals surface area contributed by atoms with Crippen LogP contribution in [0.1, 0.15) is 20.8 Å². The van der Waals surface area contributed by atoms with Crippen LogP contribution in [0.15, 0.2) is 0 Å². The molecule has 0 aliphatic carbocycles. The molecular weight excluding hydrogens is 138 g/mol. The van der Waals surface area contributed by atoms with Gasteiger partial charge in [-0.1, -0.05) is 0 Å². The maximum Gasteiger partial charge on any atom is 0.00970 e. The third kappa shape index (κ3) is 9.88. The Morgan fingerprint density at radius 1 is 1.09 bits per heavy atom. The van der Waals surface area contributed by atoms with Crippen molar-refractivity contribution in [3.05, 3.63) is 0 Å². The summed E-state index contributed by atoms with van der Waals surface area (Å²) in [7, 11) is 0. The molecule has 0 unspecified atom stereocenters. The van der Waals surface area contributed by atoms with E-state index in [4.69, 9.17) is 5.73 Å². The van der Waals surface area contributed by atoms with Gasteiger partial charge in [0.15, 0.2) is 0 Å². The monoisotopic (exact) mass is 159 g/mol. The molecule has 0 aromatic rings. The molecule has 0 amide bonds. The van der Waals surface area contributed by atoms with E-state index in [-0.39, 0.29) is 5.54 Å². The fourth-order valence-electron chi connectivity index (χ4n) is 0.753. The van der Waals surface area contributed by atoms with E-state index in [0.29, 0.717) is 0 Å². The minimum absolute atomic E-state index is 0.227. The molecule has 0 aromatic carbocycles. The van der Waals surface area contributed by atoms with Gasteiger partial charge in [0.05, 0.1) is 0 Å². The normalized spacial score (nSPS) is 12.0. The van der Waals surface area contributed by atoms with E-state index in [0.717, 1.165) is 26.2 Å². The van der Waals surface area contributed by atoms with Crippen LogP contribution >= 0.6 is 0 Å². The molecule has 4 N–H and O–H groups in total. The zero-order valence-electron chi connectivity index (χ0n) is 7.91. The predicted octanol–water partition coefficient (Wildman–Crippen LogP) is -0.0772. The fourth-order valence-corrected chi connectivity index (χ4v) is 0.753. The van der Waals surface area contributed by atoms with E-state index in [1.165, 1.54) is 0 Å². The molecule has 0 radical (unpaired) electrons. The molecule has 3 heteroatoms. The van der Waals surface area contributed by atoms with Crippen LogP contribution in [0.2, 0.25) is 0 Å². The van der Waals surface area contributed by atoms with E-state index in [2.05, 4.69) is 31.4 Å². The number of hydrogen-bond donors (Lipinski definition) is 3. The van der Waals surface area contributed by atoms with Crippen molar-refractivity contribution in [3.63, 3.8) is 0 Å². The third-order valence-electron chi connectivity index (χ3n) is 1.28. The van der Waals surface area contributed by atoms with Gasteiger partial charge in [0.2, 0.25) is 0 Å². The predicted molar refractivity (Wildman–Crippen MR) is 49.7 cm³/mol. The van der Waals surface area contributed by atoms with E-state index in [1.807, 2.05) is 0 Å². The highest BCUT2D eigenvalue weighted by Crippen LogP contribution is 1.95. The van der Waals surface area contributed by atoms with Gasteiger partial charge >= 0.3 is 0 Å². The van der Waals surface area contributed by atoms with Gasteiger partial charge < -0.3 is 16.4 Å². The van der Waals surface area contributed by atoms with Crippen molar-refractivity contribution < 1.29 is 0 Å². The van der Waals surface area contributed by atoms with Gasteiger partial charge in [-0.25, -0.2) is 0 Å². The molecule has 3 nitrogen and oxygen atoms in total. The third-order valence-corrected chi connectivity index (χ3v) is 1.28. The molecule has 68 valence electrons. The summed E-state index contributed by atoms with van der Waals surface area (Å²) in [5.74, 6) is 0. The fraction of sp³-hybridized carbons (Fsp3) is 1.00. The van der Waals surface area contributed by atoms with Gasteiger partial charge in [-0.15, -0.1) is 0 Å². The zero-order chi connectivity index (χ0) is 8.74. The first-order valence-corrected chi connectivity index (χ1v) is 4.22. The van der Waals surface area contributed by atoms with E-state index in [1.54, 1.807) is 0 Å². The average Bonchev–Trinajstić information content (AvgIpc) is 1.85. The van der Waals surface area contributed by atoms with Crippen LogP contribution < -0.4 is 16.4 Å². The standard InChI is InChI=1S/C8H21N3/c1-8(2,3)11-7-6-10-5-4-9/h10-11H,4-7,9H2,1-3H3. The lowest BCUT2D eigenvalue weighted by Gasteiger charge is -2.20. The van der Waals surface area contributed by atoms with Crippen molar-refractivity contribution in [1.29, 1.82) is 0 Å². The Morgan fingerprint density at radius 2 is 1.73 bits per heavy atom. The van der Waals surface area contributed by atoms with Crippen molar-refractivity contribution >= 4 is 0 Å². The van der Waals surface area contributed by atoms with Gasteiger partial charge in [-0.2, -0.15) is 0 Å². The lowest BCUT2D eigenvalue weighted by molar-refractivity contribution is 0.422. The Hall–Kier alpha value is -0.120. The van der Waals surface area contributed by atoms with Crippen molar-refractivity contribution in [1.82, 2.24) is 10.6 Å². The van der Waals surface area contributed by atoms with Crippen LogP contribution in [0.25, 0.3) is 0 Å². The summed E-state index contributed by atoms with van der Waals surface area (Å²) in [6, 6.07) is 0. The first-order chi connectivity index (χ1) is 5.06. The Morgan fingerprint density at radius 3 is 2.18 bits per heavy atom. The highest BCUT2D eigenvalue weighted by Gasteiger charge is 2.06. The first kappa shape index (κ1) is 10.9. The molecule has 0 saturated carbocycles. The van der Waals surface area contributed by atoms with Crippen LogP contribution in [0.5, 0.6) is 0 Å². The van der Waals surface area contributed by atoms with Gasteiger partial charge in [-0.3, -0.25) is 0 Å².